The van der Waals surface area contributed by atoms with Gasteiger partial charge in [-0.2, -0.15) is 13.2 Å². The lowest BCUT2D eigenvalue weighted by molar-refractivity contribution is -0.0885. The van der Waals surface area contributed by atoms with Gasteiger partial charge in [-0.1, -0.05) is 49.3 Å². The first-order chi connectivity index (χ1) is 14.9. The maximum atomic E-state index is 12.5. The SMILES string of the molecule is COCC=C[C@H]1CC[C@H]([C@H]2CC[C@H](CCc3ccc(C(=O)C(F)(F)F)cc3)CC2)CC1. The van der Waals surface area contributed by atoms with Crippen LogP contribution in [0.5, 0.6) is 0 Å². The number of hydrogen-bond donors (Lipinski definition) is 0. The number of rotatable bonds is 8. The summed E-state index contributed by atoms with van der Waals surface area (Å²) in [7, 11) is 1.73. The number of halogens is 3. The summed E-state index contributed by atoms with van der Waals surface area (Å²) >= 11 is 0. The normalized spacial score (nSPS) is 27.5. The molecule has 2 nitrogen and oxygen atoms in total. The maximum absolute atomic E-state index is 12.5. The minimum atomic E-state index is -4.81. The second-order valence-electron chi connectivity index (χ2n) is 9.40. The Bertz CT molecular complexity index is 707. The molecule has 0 N–H and O–H groups in total. The van der Waals surface area contributed by atoms with Gasteiger partial charge in [-0.3, -0.25) is 4.79 Å². The molecule has 2 aliphatic rings. The van der Waals surface area contributed by atoms with Crippen molar-refractivity contribution in [3.8, 4) is 0 Å². The van der Waals surface area contributed by atoms with Crippen LogP contribution in [0.1, 0.15) is 73.7 Å². The van der Waals surface area contributed by atoms with E-state index in [4.69, 9.17) is 4.74 Å². The van der Waals surface area contributed by atoms with Crippen LogP contribution in [0.4, 0.5) is 13.2 Å². The fourth-order valence-corrected chi connectivity index (χ4v) is 5.46. The summed E-state index contributed by atoms with van der Waals surface area (Å²) in [6.07, 6.45) is 12.1. The molecule has 0 aliphatic heterocycles. The van der Waals surface area contributed by atoms with Gasteiger partial charge in [0, 0.05) is 12.7 Å². The molecule has 2 fully saturated rings. The Kier molecular flexibility index (Phi) is 8.76. The van der Waals surface area contributed by atoms with E-state index >= 15 is 0 Å². The molecule has 0 aromatic heterocycles. The summed E-state index contributed by atoms with van der Waals surface area (Å²) in [5, 5.41) is 0. The second-order valence-corrected chi connectivity index (χ2v) is 9.40. The number of methoxy groups -OCH3 is 1. The van der Waals surface area contributed by atoms with Crippen LogP contribution >= 0.6 is 0 Å². The molecule has 5 heteroatoms. The average molecular weight is 437 g/mol. The molecular weight excluding hydrogens is 401 g/mol. The number of carbonyl (C=O) groups excluding carboxylic acids is 1. The molecule has 0 unspecified atom stereocenters. The smallest absolute Gasteiger partial charge is 0.381 e. The number of benzene rings is 1. The van der Waals surface area contributed by atoms with E-state index in [0.29, 0.717) is 12.5 Å². The van der Waals surface area contributed by atoms with Crippen LogP contribution in [0.3, 0.4) is 0 Å². The van der Waals surface area contributed by atoms with Crippen molar-refractivity contribution in [1.29, 1.82) is 0 Å². The zero-order valence-electron chi connectivity index (χ0n) is 18.5. The van der Waals surface area contributed by atoms with Gasteiger partial charge in [0.25, 0.3) is 5.78 Å². The number of ketones is 1. The minimum Gasteiger partial charge on any atom is -0.381 e. The molecular formula is C26H35F3O2. The fourth-order valence-electron chi connectivity index (χ4n) is 5.46. The summed E-state index contributed by atoms with van der Waals surface area (Å²) in [5.41, 5.74) is 0.737. The number of hydrogen-bond acceptors (Lipinski definition) is 2. The monoisotopic (exact) mass is 436 g/mol. The topological polar surface area (TPSA) is 26.3 Å². The molecule has 31 heavy (non-hydrogen) atoms. The van der Waals surface area contributed by atoms with Gasteiger partial charge in [0.2, 0.25) is 0 Å². The first-order valence-corrected chi connectivity index (χ1v) is 11.7. The molecule has 0 radical (unpaired) electrons. The Labute approximate surface area is 184 Å². The zero-order valence-corrected chi connectivity index (χ0v) is 18.5. The number of carbonyl (C=O) groups is 1. The molecule has 172 valence electrons. The summed E-state index contributed by atoms with van der Waals surface area (Å²) in [6.45, 7) is 0.708. The Balaban J connectivity index is 1.37. The van der Waals surface area contributed by atoms with E-state index in [9.17, 15) is 18.0 Å². The van der Waals surface area contributed by atoms with Crippen molar-refractivity contribution in [2.45, 2.75) is 70.4 Å². The molecule has 1 aromatic carbocycles. The maximum Gasteiger partial charge on any atom is 0.454 e. The van der Waals surface area contributed by atoms with Gasteiger partial charge in [0.15, 0.2) is 0 Å². The van der Waals surface area contributed by atoms with Gasteiger partial charge >= 0.3 is 6.18 Å². The number of aryl methyl sites for hydroxylation is 1. The Morgan fingerprint density at radius 2 is 1.55 bits per heavy atom. The molecule has 0 amide bonds. The van der Waals surface area contributed by atoms with Crippen molar-refractivity contribution >= 4 is 5.78 Å². The van der Waals surface area contributed by atoms with Crippen molar-refractivity contribution in [2.24, 2.45) is 23.7 Å². The van der Waals surface area contributed by atoms with E-state index in [0.717, 1.165) is 36.2 Å². The third-order valence-electron chi connectivity index (χ3n) is 7.36. The van der Waals surface area contributed by atoms with E-state index in [1.54, 1.807) is 19.2 Å². The van der Waals surface area contributed by atoms with Crippen LogP contribution in [0.25, 0.3) is 0 Å². The Morgan fingerprint density at radius 1 is 0.968 bits per heavy atom. The molecule has 3 rings (SSSR count). The van der Waals surface area contributed by atoms with Crippen molar-refractivity contribution in [3.05, 3.63) is 47.5 Å². The molecule has 0 bridgehead atoms. The van der Waals surface area contributed by atoms with Gasteiger partial charge in [-0.05, 0) is 80.6 Å². The van der Waals surface area contributed by atoms with Crippen LogP contribution in [0, 0.1) is 23.7 Å². The summed E-state index contributed by atoms with van der Waals surface area (Å²) in [6, 6.07) is 5.96. The van der Waals surface area contributed by atoms with Crippen LogP contribution in [-0.2, 0) is 11.2 Å². The third kappa shape index (κ3) is 7.20. The minimum absolute atomic E-state index is 0.277. The summed E-state index contributed by atoms with van der Waals surface area (Å²) in [5.74, 6) is 1.42. The Hall–Kier alpha value is -1.62. The lowest BCUT2D eigenvalue weighted by Gasteiger charge is -2.37. The predicted molar refractivity (Wildman–Crippen MR) is 117 cm³/mol. The molecule has 2 saturated carbocycles. The van der Waals surface area contributed by atoms with E-state index in [-0.39, 0.29) is 5.56 Å². The third-order valence-corrected chi connectivity index (χ3v) is 7.36. The van der Waals surface area contributed by atoms with Crippen LogP contribution in [-0.4, -0.2) is 25.7 Å². The van der Waals surface area contributed by atoms with Gasteiger partial charge < -0.3 is 4.74 Å². The zero-order chi connectivity index (χ0) is 22.3. The van der Waals surface area contributed by atoms with Crippen LogP contribution in [0.15, 0.2) is 36.4 Å². The summed E-state index contributed by atoms with van der Waals surface area (Å²) < 4.78 is 42.6. The van der Waals surface area contributed by atoms with Crippen molar-refractivity contribution < 1.29 is 22.7 Å². The molecule has 2 aliphatic carbocycles. The number of Topliss-reactive ketones (excluding diaryl/α,β-unsaturated/α-hetero) is 1. The lowest BCUT2D eigenvalue weighted by atomic mass is 9.68. The largest absolute Gasteiger partial charge is 0.454 e. The fraction of sp³-hybridized carbons (Fsp3) is 0.654. The highest BCUT2D eigenvalue weighted by Crippen LogP contribution is 2.42. The Morgan fingerprint density at radius 3 is 2.10 bits per heavy atom. The molecule has 0 heterocycles. The van der Waals surface area contributed by atoms with Crippen molar-refractivity contribution in [1.82, 2.24) is 0 Å². The number of alkyl halides is 3. The van der Waals surface area contributed by atoms with Crippen molar-refractivity contribution in [3.63, 3.8) is 0 Å². The van der Waals surface area contributed by atoms with Gasteiger partial charge in [-0.25, -0.2) is 0 Å². The molecule has 0 atom stereocenters. The van der Waals surface area contributed by atoms with E-state index < -0.39 is 12.0 Å². The molecule has 1 aromatic rings. The number of allylic oxidation sites excluding steroid dienone is 1. The second kappa shape index (κ2) is 11.3. The van der Waals surface area contributed by atoms with E-state index in [1.165, 1.54) is 63.5 Å². The molecule has 0 spiro atoms. The van der Waals surface area contributed by atoms with Crippen LogP contribution < -0.4 is 0 Å². The molecule has 0 saturated heterocycles. The predicted octanol–water partition coefficient (Wildman–Crippen LogP) is 7.18. The number of ether oxygens (including phenoxy) is 1. The quantitative estimate of drug-likeness (QED) is 0.319. The van der Waals surface area contributed by atoms with E-state index in [2.05, 4.69) is 12.2 Å². The highest BCUT2D eigenvalue weighted by Gasteiger charge is 2.39. The lowest BCUT2D eigenvalue weighted by Crippen LogP contribution is -2.25. The van der Waals surface area contributed by atoms with Gasteiger partial charge in [0.05, 0.1) is 6.61 Å². The first-order valence-electron chi connectivity index (χ1n) is 11.7. The van der Waals surface area contributed by atoms with Gasteiger partial charge in [0.1, 0.15) is 0 Å². The van der Waals surface area contributed by atoms with Crippen molar-refractivity contribution in [2.75, 3.05) is 13.7 Å². The first kappa shape index (κ1) is 24.0. The highest BCUT2D eigenvalue weighted by atomic mass is 19.4. The highest BCUT2D eigenvalue weighted by molar-refractivity contribution is 6.00. The van der Waals surface area contributed by atoms with E-state index in [1.807, 2.05) is 0 Å². The standard InChI is InChI=1S/C26H35F3O2/c1-31-18-2-3-19-6-12-22(13-7-19)23-14-8-20(9-15-23)4-5-21-10-16-24(17-11-21)25(30)26(27,28)29/h2-3,10-11,16-17,19-20,22-23H,4-9,12-15,18H2,1H3/t19-,20-,22-,23-. The summed E-state index contributed by atoms with van der Waals surface area (Å²) in [4.78, 5) is 11.3. The van der Waals surface area contributed by atoms with Gasteiger partial charge in [-0.15, -0.1) is 0 Å². The average Bonchev–Trinajstić information content (AvgIpc) is 2.78. The van der Waals surface area contributed by atoms with Crippen LogP contribution in [0.2, 0.25) is 0 Å².